The first-order chi connectivity index (χ1) is 19.8. The van der Waals surface area contributed by atoms with E-state index in [1.54, 1.807) is 12.3 Å². The van der Waals surface area contributed by atoms with Crippen LogP contribution in [0.5, 0.6) is 0 Å². The van der Waals surface area contributed by atoms with Gasteiger partial charge in [-0.05, 0) is 60.2 Å². The van der Waals surface area contributed by atoms with Crippen LogP contribution >= 0.6 is 0 Å². The SMILES string of the molecule is N#Cc1ccnc(-c2ccccc2-c2ccccc2N2c3ccccc3N(c3ccccc3)c3ccccc32)c1. The van der Waals surface area contributed by atoms with Crippen molar-refractivity contribution in [2.24, 2.45) is 0 Å². The number of aromatic nitrogens is 1. The van der Waals surface area contributed by atoms with Gasteiger partial charge in [-0.3, -0.25) is 4.98 Å². The van der Waals surface area contributed by atoms with Gasteiger partial charge in [-0.15, -0.1) is 0 Å². The van der Waals surface area contributed by atoms with Gasteiger partial charge in [0.1, 0.15) is 0 Å². The molecular weight excluding hydrogens is 488 g/mol. The number of para-hydroxylation sites is 6. The highest BCUT2D eigenvalue weighted by Gasteiger charge is 2.31. The number of fused-ring (bicyclic) bond motifs is 2. The number of nitrogens with zero attached hydrogens (tertiary/aromatic N) is 4. The van der Waals surface area contributed by atoms with E-state index in [4.69, 9.17) is 0 Å². The summed E-state index contributed by atoms with van der Waals surface area (Å²) in [6, 6.07) is 50.2. The molecule has 0 atom stereocenters. The lowest BCUT2D eigenvalue weighted by Gasteiger charge is -2.41. The van der Waals surface area contributed by atoms with E-state index in [9.17, 15) is 5.26 Å². The summed E-state index contributed by atoms with van der Waals surface area (Å²) in [4.78, 5) is 9.31. The first kappa shape index (κ1) is 23.5. The zero-order valence-corrected chi connectivity index (χ0v) is 21.6. The monoisotopic (exact) mass is 512 g/mol. The van der Waals surface area contributed by atoms with E-state index in [1.807, 2.05) is 18.2 Å². The zero-order valence-electron chi connectivity index (χ0n) is 21.6. The molecule has 0 saturated carbocycles. The number of anilines is 6. The molecule has 0 unspecified atom stereocenters. The van der Waals surface area contributed by atoms with Crippen molar-refractivity contribution in [2.75, 3.05) is 9.80 Å². The van der Waals surface area contributed by atoms with Crippen molar-refractivity contribution in [2.45, 2.75) is 0 Å². The third kappa shape index (κ3) is 3.89. The third-order valence-electron chi connectivity index (χ3n) is 7.27. The van der Waals surface area contributed by atoms with Gasteiger partial charge in [-0.25, -0.2) is 0 Å². The topological polar surface area (TPSA) is 43.2 Å². The standard InChI is InChI=1S/C36H24N4/c37-25-26-22-23-38-31(24-26)29-15-5-4-14-28(29)30-16-6-7-17-32(30)40-35-20-10-8-18-33(35)39(27-12-2-1-3-13-27)34-19-9-11-21-36(34)40/h1-24H. The fourth-order valence-corrected chi connectivity index (χ4v) is 5.54. The van der Waals surface area contributed by atoms with E-state index in [0.29, 0.717) is 5.56 Å². The lowest BCUT2D eigenvalue weighted by Crippen LogP contribution is -2.24. The zero-order chi connectivity index (χ0) is 26.9. The van der Waals surface area contributed by atoms with E-state index >= 15 is 0 Å². The van der Waals surface area contributed by atoms with Crippen molar-refractivity contribution in [3.05, 3.63) is 151 Å². The highest BCUT2D eigenvalue weighted by atomic mass is 15.3. The van der Waals surface area contributed by atoms with Crippen LogP contribution < -0.4 is 9.80 Å². The van der Waals surface area contributed by atoms with Gasteiger partial charge >= 0.3 is 0 Å². The normalized spacial score (nSPS) is 11.9. The molecular formula is C36H24N4. The minimum Gasteiger partial charge on any atom is -0.306 e. The molecule has 0 aliphatic carbocycles. The van der Waals surface area contributed by atoms with Gasteiger partial charge in [-0.1, -0.05) is 84.9 Å². The average Bonchev–Trinajstić information content (AvgIpc) is 3.04. The molecule has 4 nitrogen and oxygen atoms in total. The molecule has 7 rings (SSSR count). The van der Waals surface area contributed by atoms with Crippen molar-refractivity contribution >= 4 is 34.1 Å². The number of benzene rings is 5. The maximum atomic E-state index is 9.51. The van der Waals surface area contributed by atoms with Gasteiger partial charge in [-0.2, -0.15) is 5.26 Å². The Labute approximate surface area is 233 Å². The number of nitriles is 1. The summed E-state index contributed by atoms with van der Waals surface area (Å²) >= 11 is 0. The highest BCUT2D eigenvalue weighted by Crippen LogP contribution is 2.55. The summed E-state index contributed by atoms with van der Waals surface area (Å²) < 4.78 is 0. The van der Waals surface area contributed by atoms with E-state index in [2.05, 4.69) is 136 Å². The fourth-order valence-electron chi connectivity index (χ4n) is 5.54. The summed E-state index contributed by atoms with van der Waals surface area (Å²) in [6.45, 7) is 0. The van der Waals surface area contributed by atoms with Gasteiger partial charge in [0.25, 0.3) is 0 Å². The first-order valence-electron chi connectivity index (χ1n) is 13.2. The molecule has 5 aromatic carbocycles. The molecule has 0 fully saturated rings. The minimum atomic E-state index is 0.591. The number of hydrogen-bond donors (Lipinski definition) is 0. The van der Waals surface area contributed by atoms with Crippen LogP contribution in [0.25, 0.3) is 22.4 Å². The summed E-state index contributed by atoms with van der Waals surface area (Å²) in [5, 5.41) is 9.51. The van der Waals surface area contributed by atoms with Crippen molar-refractivity contribution < 1.29 is 0 Å². The Morgan fingerprint density at radius 1 is 0.475 bits per heavy atom. The average molecular weight is 513 g/mol. The van der Waals surface area contributed by atoms with E-state index in [0.717, 1.165) is 56.5 Å². The lowest BCUT2D eigenvalue weighted by molar-refractivity contribution is 1.17. The molecule has 0 spiro atoms. The minimum absolute atomic E-state index is 0.591. The van der Waals surface area contributed by atoms with Gasteiger partial charge in [0.15, 0.2) is 0 Å². The smallest absolute Gasteiger partial charge is 0.0992 e. The number of hydrogen-bond acceptors (Lipinski definition) is 4. The molecule has 4 heteroatoms. The van der Waals surface area contributed by atoms with Gasteiger partial charge in [0.2, 0.25) is 0 Å². The fraction of sp³-hybridized carbons (Fsp3) is 0. The highest BCUT2D eigenvalue weighted by molar-refractivity contribution is 6.04. The van der Waals surface area contributed by atoms with Crippen LogP contribution in [0.3, 0.4) is 0 Å². The molecule has 0 amide bonds. The summed E-state index contributed by atoms with van der Waals surface area (Å²) in [5.41, 5.74) is 11.1. The maximum Gasteiger partial charge on any atom is 0.0992 e. The van der Waals surface area contributed by atoms with Crippen LogP contribution in [0.2, 0.25) is 0 Å². The second kappa shape index (κ2) is 9.90. The predicted octanol–water partition coefficient (Wildman–Crippen LogP) is 9.54. The first-order valence-corrected chi connectivity index (χ1v) is 13.2. The summed E-state index contributed by atoms with van der Waals surface area (Å²) in [5.74, 6) is 0. The summed E-state index contributed by atoms with van der Waals surface area (Å²) in [7, 11) is 0. The van der Waals surface area contributed by atoms with Crippen LogP contribution in [0.1, 0.15) is 5.56 Å². The molecule has 0 N–H and O–H groups in total. The molecule has 6 aromatic rings. The summed E-state index contributed by atoms with van der Waals surface area (Å²) in [6.07, 6.45) is 1.70. The van der Waals surface area contributed by atoms with E-state index in [1.165, 1.54) is 0 Å². The Morgan fingerprint density at radius 2 is 0.975 bits per heavy atom. The molecule has 1 aliphatic rings. The molecule has 0 saturated heterocycles. The van der Waals surface area contributed by atoms with Crippen LogP contribution in [0.15, 0.2) is 146 Å². The second-order valence-electron chi connectivity index (χ2n) is 9.59. The largest absolute Gasteiger partial charge is 0.306 e. The number of rotatable bonds is 4. The van der Waals surface area contributed by atoms with Gasteiger partial charge < -0.3 is 9.80 Å². The Hall–Kier alpha value is -5.66. The Balaban J connectivity index is 1.46. The Bertz CT molecular complexity index is 1840. The van der Waals surface area contributed by atoms with Gasteiger partial charge in [0, 0.05) is 23.0 Å². The molecule has 40 heavy (non-hydrogen) atoms. The van der Waals surface area contributed by atoms with Crippen molar-refractivity contribution in [3.8, 4) is 28.5 Å². The third-order valence-corrected chi connectivity index (χ3v) is 7.27. The van der Waals surface area contributed by atoms with Gasteiger partial charge in [0.05, 0.1) is 45.8 Å². The molecule has 2 heterocycles. The van der Waals surface area contributed by atoms with E-state index in [-0.39, 0.29) is 0 Å². The predicted molar refractivity (Wildman–Crippen MR) is 163 cm³/mol. The number of pyridine rings is 1. The molecule has 188 valence electrons. The van der Waals surface area contributed by atoms with Crippen LogP contribution in [-0.4, -0.2) is 4.98 Å². The van der Waals surface area contributed by atoms with Crippen LogP contribution in [0.4, 0.5) is 34.1 Å². The van der Waals surface area contributed by atoms with Crippen LogP contribution in [-0.2, 0) is 0 Å². The molecule has 0 bridgehead atoms. The molecule has 1 aliphatic heterocycles. The Morgan fingerprint density at radius 3 is 1.60 bits per heavy atom. The molecule has 0 radical (unpaired) electrons. The van der Waals surface area contributed by atoms with Crippen LogP contribution in [0, 0.1) is 11.3 Å². The quantitative estimate of drug-likeness (QED) is 0.235. The van der Waals surface area contributed by atoms with E-state index < -0.39 is 0 Å². The van der Waals surface area contributed by atoms with Crippen molar-refractivity contribution in [1.29, 1.82) is 5.26 Å². The second-order valence-corrected chi connectivity index (χ2v) is 9.59. The Kier molecular flexibility index (Phi) is 5.81. The lowest BCUT2D eigenvalue weighted by atomic mass is 9.94. The molecule has 1 aromatic heterocycles. The van der Waals surface area contributed by atoms with Crippen molar-refractivity contribution in [1.82, 2.24) is 4.98 Å². The van der Waals surface area contributed by atoms with Crippen molar-refractivity contribution in [3.63, 3.8) is 0 Å². The maximum absolute atomic E-state index is 9.51.